The first-order valence-electron chi connectivity index (χ1n) is 6.83. The van der Waals surface area contributed by atoms with Crippen LogP contribution in [0.3, 0.4) is 0 Å². The van der Waals surface area contributed by atoms with Crippen LogP contribution in [0.4, 0.5) is 0 Å². The number of fused-ring (bicyclic) bond motifs is 1. The summed E-state index contributed by atoms with van der Waals surface area (Å²) < 4.78 is 12.5. The third-order valence-electron chi connectivity index (χ3n) is 3.60. The number of aryl methyl sites for hydroxylation is 1. The normalized spacial score (nSPS) is 14.1. The molecule has 0 radical (unpaired) electrons. The minimum absolute atomic E-state index is 0.506. The van der Waals surface area contributed by atoms with Gasteiger partial charge >= 0.3 is 0 Å². The molecule has 3 aromatic rings. The van der Waals surface area contributed by atoms with Gasteiger partial charge in [-0.1, -0.05) is 11.2 Å². The molecule has 0 N–H and O–H groups in total. The van der Waals surface area contributed by atoms with Crippen molar-refractivity contribution in [3.05, 3.63) is 41.6 Å². The molecule has 1 aliphatic heterocycles. The van der Waals surface area contributed by atoms with Crippen LogP contribution in [-0.4, -0.2) is 26.5 Å². The van der Waals surface area contributed by atoms with Crippen LogP contribution in [0.25, 0.3) is 23.0 Å². The molecule has 2 aromatic heterocycles. The fraction of sp³-hybridized carbons (Fsp3) is 0.267. The standard InChI is InChI=1S/C15H14N4O2/c1-19-6-4-13(17-19)14-16-15(21-18-14)11-2-3-12-9-20-7-5-10(12)8-11/h2-4,6,8H,5,7,9H2,1H3. The predicted molar refractivity (Wildman–Crippen MR) is 75.3 cm³/mol. The lowest BCUT2D eigenvalue weighted by Gasteiger charge is -2.16. The van der Waals surface area contributed by atoms with Crippen molar-refractivity contribution in [1.29, 1.82) is 0 Å². The molecule has 0 saturated carbocycles. The summed E-state index contributed by atoms with van der Waals surface area (Å²) in [5.41, 5.74) is 4.16. The van der Waals surface area contributed by atoms with Crippen LogP contribution in [0.2, 0.25) is 0 Å². The summed E-state index contributed by atoms with van der Waals surface area (Å²) in [6.45, 7) is 1.44. The Balaban J connectivity index is 1.69. The first-order valence-corrected chi connectivity index (χ1v) is 6.83. The van der Waals surface area contributed by atoms with Crippen molar-refractivity contribution in [1.82, 2.24) is 19.9 Å². The maximum absolute atomic E-state index is 5.44. The topological polar surface area (TPSA) is 66.0 Å². The highest BCUT2D eigenvalue weighted by molar-refractivity contribution is 5.59. The van der Waals surface area contributed by atoms with E-state index in [2.05, 4.69) is 27.4 Å². The Morgan fingerprint density at radius 2 is 2.14 bits per heavy atom. The van der Waals surface area contributed by atoms with E-state index in [1.54, 1.807) is 4.68 Å². The van der Waals surface area contributed by atoms with Crippen LogP contribution in [-0.2, 0) is 24.8 Å². The van der Waals surface area contributed by atoms with Gasteiger partial charge in [-0.25, -0.2) is 0 Å². The minimum Gasteiger partial charge on any atom is -0.376 e. The smallest absolute Gasteiger partial charge is 0.258 e. The molecule has 1 aromatic carbocycles. The third-order valence-corrected chi connectivity index (χ3v) is 3.60. The van der Waals surface area contributed by atoms with Gasteiger partial charge in [0.15, 0.2) is 0 Å². The van der Waals surface area contributed by atoms with Crippen LogP contribution in [0, 0.1) is 0 Å². The van der Waals surface area contributed by atoms with Gasteiger partial charge in [0, 0.05) is 18.8 Å². The Hall–Kier alpha value is -2.47. The largest absolute Gasteiger partial charge is 0.376 e. The van der Waals surface area contributed by atoms with Gasteiger partial charge in [-0.15, -0.1) is 0 Å². The molecule has 0 atom stereocenters. The Morgan fingerprint density at radius 3 is 3.00 bits per heavy atom. The van der Waals surface area contributed by atoms with E-state index >= 15 is 0 Å². The van der Waals surface area contributed by atoms with Crippen molar-refractivity contribution < 1.29 is 9.26 Å². The van der Waals surface area contributed by atoms with Gasteiger partial charge < -0.3 is 9.26 Å². The van der Waals surface area contributed by atoms with Crippen molar-refractivity contribution in [2.75, 3.05) is 6.61 Å². The molecule has 0 unspecified atom stereocenters. The summed E-state index contributed by atoms with van der Waals surface area (Å²) in [6, 6.07) is 8.02. The van der Waals surface area contributed by atoms with Crippen LogP contribution >= 0.6 is 0 Å². The second-order valence-electron chi connectivity index (χ2n) is 5.08. The van der Waals surface area contributed by atoms with Crippen LogP contribution in [0.15, 0.2) is 35.0 Å². The zero-order valence-electron chi connectivity index (χ0n) is 11.6. The summed E-state index contributed by atoms with van der Waals surface area (Å²) in [5, 5.41) is 8.27. The van der Waals surface area contributed by atoms with Gasteiger partial charge in [0.05, 0.1) is 13.2 Å². The molecule has 0 bridgehead atoms. The summed E-state index contributed by atoms with van der Waals surface area (Å²) in [7, 11) is 1.86. The van der Waals surface area contributed by atoms with E-state index in [1.807, 2.05) is 25.4 Å². The molecule has 1 aliphatic rings. The molecule has 0 fully saturated rings. The van der Waals surface area contributed by atoms with Gasteiger partial charge in [-0.3, -0.25) is 4.68 Å². The second-order valence-corrected chi connectivity index (χ2v) is 5.08. The lowest BCUT2D eigenvalue weighted by Crippen LogP contribution is -2.09. The summed E-state index contributed by atoms with van der Waals surface area (Å²) in [4.78, 5) is 4.43. The first-order chi connectivity index (χ1) is 10.3. The molecule has 0 amide bonds. The van der Waals surface area contributed by atoms with Gasteiger partial charge in [-0.2, -0.15) is 10.1 Å². The molecule has 4 rings (SSSR count). The molecule has 21 heavy (non-hydrogen) atoms. The fourth-order valence-electron chi connectivity index (χ4n) is 2.48. The number of nitrogens with zero attached hydrogens (tertiary/aromatic N) is 4. The van der Waals surface area contributed by atoms with E-state index < -0.39 is 0 Å². The van der Waals surface area contributed by atoms with Crippen molar-refractivity contribution >= 4 is 0 Å². The molecule has 3 heterocycles. The molecule has 0 saturated heterocycles. The predicted octanol–water partition coefficient (Wildman–Crippen LogP) is 2.21. The van der Waals surface area contributed by atoms with E-state index in [-0.39, 0.29) is 0 Å². The lowest BCUT2D eigenvalue weighted by molar-refractivity contribution is 0.111. The quantitative estimate of drug-likeness (QED) is 0.721. The number of ether oxygens (including phenoxy) is 1. The highest BCUT2D eigenvalue weighted by Crippen LogP contribution is 2.25. The number of hydrogen-bond donors (Lipinski definition) is 0. The highest BCUT2D eigenvalue weighted by Gasteiger charge is 2.15. The van der Waals surface area contributed by atoms with Crippen molar-refractivity contribution in [3.63, 3.8) is 0 Å². The van der Waals surface area contributed by atoms with Gasteiger partial charge in [0.2, 0.25) is 5.82 Å². The zero-order valence-corrected chi connectivity index (χ0v) is 11.6. The average Bonchev–Trinajstić information content (AvgIpc) is 3.15. The van der Waals surface area contributed by atoms with Crippen molar-refractivity contribution in [2.45, 2.75) is 13.0 Å². The fourth-order valence-corrected chi connectivity index (χ4v) is 2.48. The monoisotopic (exact) mass is 282 g/mol. The van der Waals surface area contributed by atoms with Gasteiger partial charge in [0.25, 0.3) is 5.89 Å². The molecule has 6 heteroatoms. The van der Waals surface area contributed by atoms with E-state index in [0.717, 1.165) is 18.6 Å². The van der Waals surface area contributed by atoms with E-state index in [0.29, 0.717) is 24.0 Å². The Bertz CT molecular complexity index is 791. The summed E-state index contributed by atoms with van der Waals surface area (Å²) in [6.07, 6.45) is 2.77. The minimum atomic E-state index is 0.506. The molecule has 106 valence electrons. The number of rotatable bonds is 2. The molecule has 0 spiro atoms. The first kappa shape index (κ1) is 12.3. The molecule has 0 aliphatic carbocycles. The lowest BCUT2D eigenvalue weighted by atomic mass is 10.0. The van der Waals surface area contributed by atoms with Gasteiger partial charge in [-0.05, 0) is 35.7 Å². The van der Waals surface area contributed by atoms with E-state index in [9.17, 15) is 0 Å². The number of benzene rings is 1. The third kappa shape index (κ3) is 2.23. The number of aromatic nitrogens is 4. The van der Waals surface area contributed by atoms with Gasteiger partial charge in [0.1, 0.15) is 5.69 Å². The van der Waals surface area contributed by atoms with E-state index in [4.69, 9.17) is 9.26 Å². The Morgan fingerprint density at radius 1 is 1.19 bits per heavy atom. The van der Waals surface area contributed by atoms with Crippen LogP contribution in [0.5, 0.6) is 0 Å². The second kappa shape index (κ2) is 4.82. The molecular formula is C15H14N4O2. The maximum atomic E-state index is 5.44. The maximum Gasteiger partial charge on any atom is 0.258 e. The summed E-state index contributed by atoms with van der Waals surface area (Å²) >= 11 is 0. The average molecular weight is 282 g/mol. The zero-order chi connectivity index (χ0) is 14.2. The Kier molecular flexibility index (Phi) is 2.82. The molecule has 6 nitrogen and oxygen atoms in total. The van der Waals surface area contributed by atoms with Crippen LogP contribution in [0.1, 0.15) is 11.1 Å². The SMILES string of the molecule is Cn1ccc(-c2noc(-c3ccc4c(c3)CCOC4)n2)n1. The highest BCUT2D eigenvalue weighted by atomic mass is 16.5. The van der Waals surface area contributed by atoms with E-state index in [1.165, 1.54) is 11.1 Å². The molecular weight excluding hydrogens is 268 g/mol. The van der Waals surface area contributed by atoms with Crippen LogP contribution < -0.4 is 0 Å². The van der Waals surface area contributed by atoms with Crippen molar-refractivity contribution in [2.24, 2.45) is 7.05 Å². The Labute approximate surface area is 121 Å². The number of hydrogen-bond acceptors (Lipinski definition) is 5. The summed E-state index contributed by atoms with van der Waals surface area (Å²) in [5.74, 6) is 1.02. The van der Waals surface area contributed by atoms with Crippen molar-refractivity contribution in [3.8, 4) is 23.0 Å².